The smallest absolute Gasteiger partial charge is 0.266 e. The molecule has 3 aromatic carbocycles. The molecule has 1 aromatic heterocycles. The average Bonchev–Trinajstić information content (AvgIpc) is 2.79. The second-order valence-corrected chi connectivity index (χ2v) is 8.96. The highest BCUT2D eigenvalue weighted by molar-refractivity contribution is 9.10. The Balaban J connectivity index is 1.56. The summed E-state index contributed by atoms with van der Waals surface area (Å²) >= 11 is 10.6. The van der Waals surface area contributed by atoms with E-state index in [0.29, 0.717) is 26.8 Å². The van der Waals surface area contributed by atoms with E-state index < -0.39 is 0 Å². The topological polar surface area (TPSA) is 76.3 Å². The average molecular weight is 528 g/mol. The maximum Gasteiger partial charge on any atom is 0.266 e. The van der Waals surface area contributed by atoms with Crippen LogP contribution in [0, 0.1) is 0 Å². The van der Waals surface area contributed by atoms with E-state index in [0.717, 1.165) is 21.8 Å². The molecule has 0 unspecified atom stereocenters. The standard InChI is InChI=1S/C23H16BrClN4O2S/c24-16-5-3-4-15(12-16)13-26-28-21(30)14-32-23-27-20-7-2-1-6-19(20)22(31)29(23)18-10-8-17(25)9-11-18/h1-13H,14H2,(H,28,30)/b26-13+. The fourth-order valence-corrected chi connectivity index (χ4v) is 4.30. The van der Waals surface area contributed by atoms with Gasteiger partial charge < -0.3 is 0 Å². The molecule has 9 heteroatoms. The molecule has 0 aliphatic heterocycles. The molecular formula is C23H16BrClN4O2S. The van der Waals surface area contributed by atoms with Crippen LogP contribution in [0.5, 0.6) is 0 Å². The van der Waals surface area contributed by atoms with E-state index in [1.165, 1.54) is 4.57 Å². The van der Waals surface area contributed by atoms with Crippen LogP contribution in [-0.2, 0) is 4.79 Å². The van der Waals surface area contributed by atoms with Gasteiger partial charge in [0.2, 0.25) is 0 Å². The number of para-hydroxylation sites is 1. The first-order valence-corrected chi connectivity index (χ1v) is 11.6. The number of fused-ring (bicyclic) bond motifs is 1. The zero-order valence-corrected chi connectivity index (χ0v) is 19.7. The first-order chi connectivity index (χ1) is 15.5. The first-order valence-electron chi connectivity index (χ1n) is 9.49. The number of carbonyl (C=O) groups is 1. The molecule has 1 amide bonds. The number of rotatable bonds is 6. The zero-order valence-electron chi connectivity index (χ0n) is 16.5. The third-order valence-corrected chi connectivity index (χ3v) is 6.10. The Bertz CT molecular complexity index is 1370. The monoisotopic (exact) mass is 526 g/mol. The van der Waals surface area contributed by atoms with Crippen LogP contribution < -0.4 is 11.0 Å². The zero-order chi connectivity index (χ0) is 22.5. The number of amides is 1. The Morgan fingerprint density at radius 1 is 1.12 bits per heavy atom. The van der Waals surface area contributed by atoms with Crippen molar-refractivity contribution >= 4 is 62.3 Å². The molecule has 1 heterocycles. The normalized spacial score (nSPS) is 11.2. The number of halogens is 2. The highest BCUT2D eigenvalue weighted by Crippen LogP contribution is 2.22. The minimum Gasteiger partial charge on any atom is -0.272 e. The molecular weight excluding hydrogens is 512 g/mol. The van der Waals surface area contributed by atoms with Crippen LogP contribution in [0.3, 0.4) is 0 Å². The number of hydrazone groups is 1. The van der Waals surface area contributed by atoms with Gasteiger partial charge in [-0.1, -0.05) is 63.6 Å². The Kier molecular flexibility index (Phi) is 7.04. The van der Waals surface area contributed by atoms with Gasteiger partial charge in [-0.25, -0.2) is 10.4 Å². The highest BCUT2D eigenvalue weighted by Gasteiger charge is 2.14. The van der Waals surface area contributed by atoms with Gasteiger partial charge in [-0.2, -0.15) is 5.10 Å². The number of carbonyl (C=O) groups excluding carboxylic acids is 1. The summed E-state index contributed by atoms with van der Waals surface area (Å²) in [6.45, 7) is 0. The molecule has 0 spiro atoms. The van der Waals surface area contributed by atoms with E-state index in [1.807, 2.05) is 30.3 Å². The van der Waals surface area contributed by atoms with Crippen molar-refractivity contribution in [1.82, 2.24) is 15.0 Å². The van der Waals surface area contributed by atoms with Crippen LogP contribution in [0.15, 0.2) is 92.3 Å². The van der Waals surface area contributed by atoms with Gasteiger partial charge in [0.05, 0.1) is 28.6 Å². The third kappa shape index (κ3) is 5.27. The molecule has 1 N–H and O–H groups in total. The van der Waals surface area contributed by atoms with Crippen molar-refractivity contribution in [1.29, 1.82) is 0 Å². The molecule has 0 aliphatic rings. The lowest BCUT2D eigenvalue weighted by atomic mass is 10.2. The third-order valence-electron chi connectivity index (χ3n) is 4.41. The summed E-state index contributed by atoms with van der Waals surface area (Å²) in [4.78, 5) is 30.1. The van der Waals surface area contributed by atoms with Gasteiger partial charge in [0.25, 0.3) is 11.5 Å². The van der Waals surface area contributed by atoms with Gasteiger partial charge in [-0.15, -0.1) is 0 Å². The minimum absolute atomic E-state index is 0.0359. The van der Waals surface area contributed by atoms with E-state index in [-0.39, 0.29) is 17.2 Å². The van der Waals surface area contributed by atoms with Gasteiger partial charge in [-0.05, 0) is 54.1 Å². The lowest BCUT2D eigenvalue weighted by molar-refractivity contribution is -0.118. The lowest BCUT2D eigenvalue weighted by Crippen LogP contribution is -2.24. The second kappa shape index (κ2) is 10.1. The largest absolute Gasteiger partial charge is 0.272 e. The van der Waals surface area contributed by atoms with Crippen molar-refractivity contribution in [2.24, 2.45) is 5.10 Å². The first kappa shape index (κ1) is 22.3. The summed E-state index contributed by atoms with van der Waals surface area (Å²) in [7, 11) is 0. The second-order valence-electron chi connectivity index (χ2n) is 6.67. The molecule has 32 heavy (non-hydrogen) atoms. The molecule has 4 rings (SSSR count). The molecule has 160 valence electrons. The molecule has 0 saturated heterocycles. The number of nitrogens with zero attached hydrogens (tertiary/aromatic N) is 3. The fourth-order valence-electron chi connectivity index (χ4n) is 2.96. The van der Waals surface area contributed by atoms with E-state index in [1.54, 1.807) is 48.7 Å². The molecule has 6 nitrogen and oxygen atoms in total. The van der Waals surface area contributed by atoms with Crippen LogP contribution in [-0.4, -0.2) is 27.4 Å². The Hall–Kier alpha value is -2.94. The number of benzene rings is 3. The van der Waals surface area contributed by atoms with Gasteiger partial charge >= 0.3 is 0 Å². The fraction of sp³-hybridized carbons (Fsp3) is 0.0435. The van der Waals surface area contributed by atoms with Crippen molar-refractivity contribution in [3.8, 4) is 5.69 Å². The molecule has 0 radical (unpaired) electrons. The summed E-state index contributed by atoms with van der Waals surface area (Å²) in [5.41, 5.74) is 4.32. The summed E-state index contributed by atoms with van der Waals surface area (Å²) in [6, 6.07) is 21.6. The molecule has 0 atom stereocenters. The summed E-state index contributed by atoms with van der Waals surface area (Å²) in [5, 5.41) is 5.45. The number of hydrogen-bond donors (Lipinski definition) is 1. The Morgan fingerprint density at radius 2 is 1.91 bits per heavy atom. The van der Waals surface area contributed by atoms with E-state index in [9.17, 15) is 9.59 Å². The van der Waals surface area contributed by atoms with Crippen LogP contribution >= 0.6 is 39.3 Å². The van der Waals surface area contributed by atoms with Crippen molar-refractivity contribution in [2.75, 3.05) is 5.75 Å². The highest BCUT2D eigenvalue weighted by atomic mass is 79.9. The number of thioether (sulfide) groups is 1. The molecule has 0 aliphatic carbocycles. The molecule has 0 fully saturated rings. The molecule has 4 aromatic rings. The van der Waals surface area contributed by atoms with Gasteiger partial charge in [0, 0.05) is 9.50 Å². The number of aromatic nitrogens is 2. The predicted octanol–water partition coefficient (Wildman–Crippen LogP) is 5.04. The quantitative estimate of drug-likeness (QED) is 0.165. The SMILES string of the molecule is O=C(CSc1nc2ccccc2c(=O)n1-c1ccc(Cl)cc1)N/N=C/c1cccc(Br)c1. The van der Waals surface area contributed by atoms with Gasteiger partial charge in [0.15, 0.2) is 5.16 Å². The van der Waals surface area contributed by atoms with E-state index >= 15 is 0 Å². The Morgan fingerprint density at radius 3 is 2.69 bits per heavy atom. The summed E-state index contributed by atoms with van der Waals surface area (Å²) < 4.78 is 2.41. The lowest BCUT2D eigenvalue weighted by Gasteiger charge is -2.13. The van der Waals surface area contributed by atoms with Crippen LogP contribution in [0.25, 0.3) is 16.6 Å². The van der Waals surface area contributed by atoms with Gasteiger partial charge in [-0.3, -0.25) is 14.2 Å². The molecule has 0 bridgehead atoms. The van der Waals surface area contributed by atoms with Gasteiger partial charge in [0.1, 0.15) is 0 Å². The summed E-state index contributed by atoms with van der Waals surface area (Å²) in [5.74, 6) is -0.278. The number of nitrogens with one attached hydrogen (secondary N) is 1. The van der Waals surface area contributed by atoms with Crippen molar-refractivity contribution < 1.29 is 4.79 Å². The van der Waals surface area contributed by atoms with Crippen molar-refractivity contribution in [3.63, 3.8) is 0 Å². The minimum atomic E-state index is -0.314. The predicted molar refractivity (Wildman–Crippen MR) is 133 cm³/mol. The van der Waals surface area contributed by atoms with Crippen molar-refractivity contribution in [3.05, 3.63) is 98.2 Å². The Labute approximate surface area is 201 Å². The van der Waals surface area contributed by atoms with Crippen molar-refractivity contribution in [2.45, 2.75) is 5.16 Å². The maximum absolute atomic E-state index is 13.2. The van der Waals surface area contributed by atoms with Crippen LogP contribution in [0.1, 0.15) is 5.56 Å². The maximum atomic E-state index is 13.2. The summed E-state index contributed by atoms with van der Waals surface area (Å²) in [6.07, 6.45) is 1.56. The van der Waals surface area contributed by atoms with Crippen LogP contribution in [0.2, 0.25) is 5.02 Å². The number of hydrogen-bond acceptors (Lipinski definition) is 5. The molecule has 0 saturated carbocycles. The van der Waals surface area contributed by atoms with Crippen LogP contribution in [0.4, 0.5) is 0 Å². The van der Waals surface area contributed by atoms with E-state index in [4.69, 9.17) is 11.6 Å². The van der Waals surface area contributed by atoms with E-state index in [2.05, 4.69) is 31.4 Å².